The summed E-state index contributed by atoms with van der Waals surface area (Å²) < 4.78 is 5.27. The Bertz CT molecular complexity index is 240. The van der Waals surface area contributed by atoms with E-state index in [0.717, 1.165) is 11.6 Å². The van der Waals surface area contributed by atoms with Crippen molar-refractivity contribution in [1.29, 1.82) is 0 Å². The zero-order valence-corrected chi connectivity index (χ0v) is 6.42. The largest absolute Gasteiger partial charge is 0.448 e. The predicted octanol–water partition coefficient (Wildman–Crippen LogP) is 1.40. The van der Waals surface area contributed by atoms with Gasteiger partial charge in [0, 0.05) is 12.5 Å². The van der Waals surface area contributed by atoms with Gasteiger partial charge in [0.25, 0.3) is 0 Å². The van der Waals surface area contributed by atoms with E-state index in [0.29, 0.717) is 12.5 Å². The molecular weight excluding hydrogens is 140 g/mol. The van der Waals surface area contributed by atoms with Gasteiger partial charge in [0.15, 0.2) is 5.89 Å². The summed E-state index contributed by atoms with van der Waals surface area (Å²) in [7, 11) is 0. The Kier molecular flexibility index (Phi) is 1.66. The summed E-state index contributed by atoms with van der Waals surface area (Å²) in [5.41, 5.74) is 6.27. The number of nitrogens with zero attached hydrogens (tertiary/aromatic N) is 1. The van der Waals surface area contributed by atoms with Crippen LogP contribution in [-0.2, 0) is 6.54 Å². The summed E-state index contributed by atoms with van der Waals surface area (Å²) in [4.78, 5) is 4.26. The zero-order chi connectivity index (χ0) is 7.68. The number of nitrogens with two attached hydrogens (primary N) is 1. The smallest absolute Gasteiger partial charge is 0.197 e. The summed E-state index contributed by atoms with van der Waals surface area (Å²) in [6.07, 6.45) is 5.42. The molecule has 1 aliphatic rings. The molecule has 60 valence electrons. The Labute approximate surface area is 65.6 Å². The van der Waals surface area contributed by atoms with Crippen molar-refractivity contribution < 1.29 is 4.42 Å². The van der Waals surface area contributed by atoms with Gasteiger partial charge >= 0.3 is 0 Å². The van der Waals surface area contributed by atoms with Crippen LogP contribution in [0.1, 0.15) is 36.8 Å². The molecule has 1 aromatic heterocycles. The van der Waals surface area contributed by atoms with Gasteiger partial charge in [-0.1, -0.05) is 6.42 Å². The van der Waals surface area contributed by atoms with Gasteiger partial charge < -0.3 is 10.2 Å². The van der Waals surface area contributed by atoms with E-state index in [2.05, 4.69) is 4.98 Å². The molecule has 0 spiro atoms. The molecule has 0 unspecified atom stereocenters. The lowest BCUT2D eigenvalue weighted by atomic mass is 9.85. The Morgan fingerprint density at radius 1 is 1.64 bits per heavy atom. The van der Waals surface area contributed by atoms with Crippen LogP contribution in [0.2, 0.25) is 0 Å². The van der Waals surface area contributed by atoms with Crippen LogP contribution in [0.5, 0.6) is 0 Å². The quantitative estimate of drug-likeness (QED) is 0.696. The van der Waals surface area contributed by atoms with Crippen LogP contribution in [0.3, 0.4) is 0 Å². The van der Waals surface area contributed by atoms with Crippen molar-refractivity contribution in [3.63, 3.8) is 0 Å². The fourth-order valence-corrected chi connectivity index (χ4v) is 1.26. The Morgan fingerprint density at radius 3 is 2.91 bits per heavy atom. The molecule has 1 aliphatic carbocycles. The summed E-state index contributed by atoms with van der Waals surface area (Å²) in [6.45, 7) is 0.482. The third-order valence-electron chi connectivity index (χ3n) is 2.23. The molecular formula is C8H12N2O. The monoisotopic (exact) mass is 152 g/mol. The minimum atomic E-state index is 0.482. The average molecular weight is 152 g/mol. The van der Waals surface area contributed by atoms with Gasteiger partial charge in [-0.25, -0.2) is 4.98 Å². The standard InChI is InChI=1S/C8H12N2O/c9-4-7-5-11-8(10-7)6-2-1-3-6/h5-6H,1-4,9H2. The van der Waals surface area contributed by atoms with Crippen LogP contribution in [0.25, 0.3) is 0 Å². The third-order valence-corrected chi connectivity index (χ3v) is 2.23. The van der Waals surface area contributed by atoms with Crippen molar-refractivity contribution in [1.82, 2.24) is 4.98 Å². The second-order valence-corrected chi connectivity index (χ2v) is 3.01. The molecule has 1 fully saturated rings. The van der Waals surface area contributed by atoms with Crippen molar-refractivity contribution in [2.75, 3.05) is 0 Å². The van der Waals surface area contributed by atoms with E-state index in [1.54, 1.807) is 6.26 Å². The van der Waals surface area contributed by atoms with Gasteiger partial charge in [0.1, 0.15) is 6.26 Å². The topological polar surface area (TPSA) is 52.0 Å². The number of aromatic nitrogens is 1. The lowest BCUT2D eigenvalue weighted by Crippen LogP contribution is -2.09. The molecule has 2 N–H and O–H groups in total. The fourth-order valence-electron chi connectivity index (χ4n) is 1.26. The molecule has 3 nitrogen and oxygen atoms in total. The maximum atomic E-state index is 5.40. The van der Waals surface area contributed by atoms with E-state index in [-0.39, 0.29) is 0 Å². The second-order valence-electron chi connectivity index (χ2n) is 3.01. The Hall–Kier alpha value is -0.830. The molecule has 0 bridgehead atoms. The molecule has 3 heteroatoms. The number of hydrogen-bond acceptors (Lipinski definition) is 3. The van der Waals surface area contributed by atoms with E-state index >= 15 is 0 Å². The minimum Gasteiger partial charge on any atom is -0.448 e. The van der Waals surface area contributed by atoms with E-state index in [9.17, 15) is 0 Å². The average Bonchev–Trinajstić information content (AvgIpc) is 2.32. The second kappa shape index (κ2) is 2.66. The molecule has 0 amide bonds. The van der Waals surface area contributed by atoms with Gasteiger partial charge in [-0.05, 0) is 12.8 Å². The lowest BCUT2D eigenvalue weighted by molar-refractivity contribution is 0.335. The van der Waals surface area contributed by atoms with Crippen LogP contribution in [0, 0.1) is 0 Å². The molecule has 1 aromatic rings. The van der Waals surface area contributed by atoms with Crippen LogP contribution in [-0.4, -0.2) is 4.98 Å². The van der Waals surface area contributed by atoms with Gasteiger partial charge in [-0.3, -0.25) is 0 Å². The number of hydrogen-bond donors (Lipinski definition) is 1. The first-order valence-electron chi connectivity index (χ1n) is 4.04. The van der Waals surface area contributed by atoms with E-state index in [1.165, 1.54) is 19.3 Å². The lowest BCUT2D eigenvalue weighted by Gasteiger charge is -2.21. The Balaban J connectivity index is 2.11. The fraction of sp³-hybridized carbons (Fsp3) is 0.625. The third kappa shape index (κ3) is 1.16. The van der Waals surface area contributed by atoms with Crippen LogP contribution >= 0.6 is 0 Å². The van der Waals surface area contributed by atoms with Crippen molar-refractivity contribution >= 4 is 0 Å². The van der Waals surface area contributed by atoms with Crippen molar-refractivity contribution in [2.24, 2.45) is 5.73 Å². The maximum absolute atomic E-state index is 5.40. The Morgan fingerprint density at radius 2 is 2.45 bits per heavy atom. The first kappa shape index (κ1) is 6.85. The van der Waals surface area contributed by atoms with Crippen LogP contribution in [0.15, 0.2) is 10.7 Å². The summed E-state index contributed by atoms with van der Waals surface area (Å²) in [6, 6.07) is 0. The predicted molar refractivity (Wildman–Crippen MR) is 41.0 cm³/mol. The molecule has 0 saturated heterocycles. The van der Waals surface area contributed by atoms with Gasteiger partial charge in [0.05, 0.1) is 5.69 Å². The molecule has 2 rings (SSSR count). The highest BCUT2D eigenvalue weighted by atomic mass is 16.3. The molecule has 0 atom stereocenters. The molecule has 1 heterocycles. The van der Waals surface area contributed by atoms with Crippen LogP contribution in [0.4, 0.5) is 0 Å². The SMILES string of the molecule is NCc1coc(C2CCC2)n1. The number of rotatable bonds is 2. The van der Waals surface area contributed by atoms with E-state index in [4.69, 9.17) is 10.2 Å². The van der Waals surface area contributed by atoms with Crippen molar-refractivity contribution in [3.8, 4) is 0 Å². The summed E-state index contributed by atoms with van der Waals surface area (Å²) >= 11 is 0. The summed E-state index contributed by atoms with van der Waals surface area (Å²) in [5, 5.41) is 0. The molecule has 11 heavy (non-hydrogen) atoms. The molecule has 1 saturated carbocycles. The first-order valence-corrected chi connectivity index (χ1v) is 4.04. The normalized spacial score (nSPS) is 18.3. The highest BCUT2D eigenvalue weighted by molar-refractivity contribution is 5.02. The zero-order valence-electron chi connectivity index (χ0n) is 6.42. The highest BCUT2D eigenvalue weighted by Crippen LogP contribution is 2.35. The van der Waals surface area contributed by atoms with Gasteiger partial charge in [-0.15, -0.1) is 0 Å². The summed E-state index contributed by atoms with van der Waals surface area (Å²) in [5.74, 6) is 1.46. The maximum Gasteiger partial charge on any atom is 0.197 e. The van der Waals surface area contributed by atoms with Crippen molar-refractivity contribution in [3.05, 3.63) is 17.8 Å². The molecule has 0 radical (unpaired) electrons. The highest BCUT2D eigenvalue weighted by Gasteiger charge is 2.23. The number of oxazole rings is 1. The van der Waals surface area contributed by atoms with Gasteiger partial charge in [-0.2, -0.15) is 0 Å². The minimum absolute atomic E-state index is 0.482. The van der Waals surface area contributed by atoms with E-state index in [1.807, 2.05) is 0 Å². The molecule has 0 aliphatic heterocycles. The van der Waals surface area contributed by atoms with Crippen LogP contribution < -0.4 is 5.73 Å². The van der Waals surface area contributed by atoms with E-state index < -0.39 is 0 Å². The first-order chi connectivity index (χ1) is 5.40. The molecule has 0 aromatic carbocycles. The van der Waals surface area contributed by atoms with Gasteiger partial charge in [0.2, 0.25) is 0 Å². The van der Waals surface area contributed by atoms with Crippen molar-refractivity contribution in [2.45, 2.75) is 31.7 Å².